The number of rotatable bonds is 11. The van der Waals surface area contributed by atoms with Crippen LogP contribution in [0.1, 0.15) is 38.0 Å². The molecule has 7 heteroatoms. The standard InChI is InChI=1S/C24H34N4O3/c1-4-25-24(28-17-23(30)26-14-13-19-9-6-5-7-10-19)27-16-22(29)20-11-8-12-21(15-20)31-18(2)3/h5-12,15,18,22,29H,4,13-14,16-17H2,1-3H3,(H,26,30)(H2,25,27,28). The normalized spacial score (nSPS) is 12.4. The molecule has 0 spiro atoms. The Balaban J connectivity index is 1.81. The van der Waals surface area contributed by atoms with Gasteiger partial charge in [-0.25, -0.2) is 4.99 Å². The van der Waals surface area contributed by atoms with E-state index in [1.54, 1.807) is 0 Å². The van der Waals surface area contributed by atoms with Crippen molar-refractivity contribution in [2.24, 2.45) is 4.99 Å². The van der Waals surface area contributed by atoms with Gasteiger partial charge in [-0.2, -0.15) is 0 Å². The number of aliphatic hydroxyl groups is 1. The number of hydrogen-bond donors (Lipinski definition) is 4. The van der Waals surface area contributed by atoms with Gasteiger partial charge in [0.25, 0.3) is 0 Å². The van der Waals surface area contributed by atoms with Crippen LogP contribution in [-0.2, 0) is 11.2 Å². The molecule has 0 radical (unpaired) electrons. The van der Waals surface area contributed by atoms with E-state index in [1.807, 2.05) is 75.4 Å². The summed E-state index contributed by atoms with van der Waals surface area (Å²) in [5.41, 5.74) is 1.93. The molecule has 1 amide bonds. The van der Waals surface area contributed by atoms with Crippen LogP contribution in [0.3, 0.4) is 0 Å². The fourth-order valence-corrected chi connectivity index (χ4v) is 2.92. The lowest BCUT2D eigenvalue weighted by molar-refractivity contribution is -0.119. The molecule has 0 saturated heterocycles. The van der Waals surface area contributed by atoms with Gasteiger partial charge in [0.2, 0.25) is 5.91 Å². The highest BCUT2D eigenvalue weighted by Crippen LogP contribution is 2.19. The van der Waals surface area contributed by atoms with Crippen LogP contribution in [0.25, 0.3) is 0 Å². The molecule has 31 heavy (non-hydrogen) atoms. The van der Waals surface area contributed by atoms with E-state index in [1.165, 1.54) is 5.56 Å². The molecule has 0 saturated carbocycles. The monoisotopic (exact) mass is 426 g/mol. The molecule has 0 aliphatic carbocycles. The third-order valence-corrected chi connectivity index (χ3v) is 4.38. The van der Waals surface area contributed by atoms with Crippen LogP contribution in [-0.4, -0.2) is 49.3 Å². The van der Waals surface area contributed by atoms with E-state index in [0.29, 0.717) is 19.0 Å². The summed E-state index contributed by atoms with van der Waals surface area (Å²) in [6, 6.07) is 17.4. The Morgan fingerprint density at radius 1 is 1.06 bits per heavy atom. The molecule has 4 N–H and O–H groups in total. The molecule has 0 heterocycles. The maximum absolute atomic E-state index is 12.1. The van der Waals surface area contributed by atoms with Gasteiger partial charge in [0.05, 0.1) is 12.2 Å². The predicted octanol–water partition coefficient (Wildman–Crippen LogP) is 2.42. The van der Waals surface area contributed by atoms with E-state index in [4.69, 9.17) is 4.74 Å². The smallest absolute Gasteiger partial charge is 0.241 e. The first-order valence-electron chi connectivity index (χ1n) is 10.8. The second kappa shape index (κ2) is 13.3. The zero-order valence-electron chi connectivity index (χ0n) is 18.6. The first-order chi connectivity index (χ1) is 15.0. The molecule has 0 fully saturated rings. The van der Waals surface area contributed by atoms with E-state index in [-0.39, 0.29) is 25.1 Å². The molecule has 0 aliphatic rings. The molecular weight excluding hydrogens is 392 g/mol. The third kappa shape index (κ3) is 9.53. The summed E-state index contributed by atoms with van der Waals surface area (Å²) in [7, 11) is 0. The average molecular weight is 427 g/mol. The van der Waals surface area contributed by atoms with Crippen LogP contribution in [0, 0.1) is 0 Å². The average Bonchev–Trinajstić information content (AvgIpc) is 2.76. The first kappa shape index (κ1) is 24.2. The Bertz CT molecular complexity index is 825. The number of amides is 1. The second-order valence-corrected chi connectivity index (χ2v) is 7.42. The first-order valence-corrected chi connectivity index (χ1v) is 10.8. The van der Waals surface area contributed by atoms with Crippen LogP contribution >= 0.6 is 0 Å². The van der Waals surface area contributed by atoms with Crippen LogP contribution in [0.5, 0.6) is 5.75 Å². The van der Waals surface area contributed by atoms with Gasteiger partial charge in [-0.1, -0.05) is 42.5 Å². The molecule has 0 aliphatic heterocycles. The van der Waals surface area contributed by atoms with Gasteiger partial charge in [-0.15, -0.1) is 0 Å². The quantitative estimate of drug-likeness (QED) is 0.327. The van der Waals surface area contributed by atoms with Crippen molar-refractivity contribution in [2.45, 2.75) is 39.4 Å². The lowest BCUT2D eigenvalue weighted by Gasteiger charge is -2.17. The Hall–Kier alpha value is -3.06. The predicted molar refractivity (Wildman–Crippen MR) is 124 cm³/mol. The number of benzene rings is 2. The number of carbonyl (C=O) groups excluding carboxylic acids is 1. The fourth-order valence-electron chi connectivity index (χ4n) is 2.92. The van der Waals surface area contributed by atoms with Gasteiger partial charge >= 0.3 is 0 Å². The number of nitrogens with zero attached hydrogens (tertiary/aromatic N) is 1. The summed E-state index contributed by atoms with van der Waals surface area (Å²) in [5.74, 6) is 1.06. The van der Waals surface area contributed by atoms with Gasteiger partial charge in [0.1, 0.15) is 12.3 Å². The Morgan fingerprint density at radius 2 is 1.84 bits per heavy atom. The molecule has 2 aromatic rings. The molecule has 7 nitrogen and oxygen atoms in total. The summed E-state index contributed by atoms with van der Waals surface area (Å²) in [4.78, 5) is 16.4. The summed E-state index contributed by atoms with van der Waals surface area (Å²) in [5, 5.41) is 19.6. The second-order valence-electron chi connectivity index (χ2n) is 7.42. The molecule has 1 atom stereocenters. The lowest BCUT2D eigenvalue weighted by atomic mass is 10.1. The van der Waals surface area contributed by atoms with E-state index in [0.717, 1.165) is 17.7 Å². The molecular formula is C24H34N4O3. The molecule has 0 bridgehead atoms. The molecule has 0 aromatic heterocycles. The van der Waals surface area contributed by atoms with E-state index < -0.39 is 6.10 Å². The number of carbonyl (C=O) groups is 1. The van der Waals surface area contributed by atoms with Gasteiger partial charge in [-0.3, -0.25) is 4.79 Å². The van der Waals surface area contributed by atoms with Crippen molar-refractivity contribution in [3.63, 3.8) is 0 Å². The summed E-state index contributed by atoms with van der Waals surface area (Å²) < 4.78 is 5.68. The maximum atomic E-state index is 12.1. The van der Waals surface area contributed by atoms with E-state index >= 15 is 0 Å². The summed E-state index contributed by atoms with van der Waals surface area (Å²) in [6.07, 6.45) is 0.108. The van der Waals surface area contributed by atoms with Crippen LogP contribution in [0.2, 0.25) is 0 Å². The number of hydrogen-bond acceptors (Lipinski definition) is 4. The van der Waals surface area contributed by atoms with Crippen LogP contribution in [0.15, 0.2) is 59.6 Å². The van der Waals surface area contributed by atoms with Gasteiger partial charge in [0, 0.05) is 19.6 Å². The zero-order valence-corrected chi connectivity index (χ0v) is 18.6. The molecule has 2 aromatic carbocycles. The van der Waals surface area contributed by atoms with Crippen molar-refractivity contribution in [1.82, 2.24) is 16.0 Å². The third-order valence-electron chi connectivity index (χ3n) is 4.38. The number of ether oxygens (including phenoxy) is 1. The lowest BCUT2D eigenvalue weighted by Crippen LogP contribution is -2.40. The van der Waals surface area contributed by atoms with Crippen LogP contribution < -0.4 is 20.7 Å². The minimum absolute atomic E-state index is 0.0118. The SMILES string of the molecule is CCNC(=NCC(=O)NCCc1ccccc1)NCC(O)c1cccc(OC(C)C)c1. The zero-order chi connectivity index (χ0) is 22.5. The van der Waals surface area contributed by atoms with E-state index in [2.05, 4.69) is 20.9 Å². The largest absolute Gasteiger partial charge is 0.491 e. The topological polar surface area (TPSA) is 95.0 Å². The highest BCUT2D eigenvalue weighted by Gasteiger charge is 2.10. The maximum Gasteiger partial charge on any atom is 0.241 e. The summed E-state index contributed by atoms with van der Waals surface area (Å²) in [6.45, 7) is 7.35. The minimum atomic E-state index is -0.737. The number of aliphatic hydroxyl groups excluding tert-OH is 1. The molecule has 1 unspecified atom stereocenters. The van der Waals surface area contributed by atoms with Crippen LogP contribution in [0.4, 0.5) is 0 Å². The number of aliphatic imine (C=N–C) groups is 1. The van der Waals surface area contributed by atoms with Crippen molar-refractivity contribution in [1.29, 1.82) is 0 Å². The summed E-state index contributed by atoms with van der Waals surface area (Å²) >= 11 is 0. The van der Waals surface area contributed by atoms with Crippen molar-refractivity contribution < 1.29 is 14.6 Å². The highest BCUT2D eigenvalue weighted by atomic mass is 16.5. The molecule has 168 valence electrons. The van der Waals surface area contributed by atoms with Crippen molar-refractivity contribution in [2.75, 3.05) is 26.2 Å². The van der Waals surface area contributed by atoms with Crippen molar-refractivity contribution in [3.8, 4) is 5.75 Å². The van der Waals surface area contributed by atoms with Crippen molar-refractivity contribution >= 4 is 11.9 Å². The highest BCUT2D eigenvalue weighted by molar-refractivity contribution is 5.84. The Morgan fingerprint density at radius 3 is 2.55 bits per heavy atom. The van der Waals surface area contributed by atoms with E-state index in [9.17, 15) is 9.90 Å². The minimum Gasteiger partial charge on any atom is -0.491 e. The van der Waals surface area contributed by atoms with Gasteiger partial charge in [-0.05, 0) is 50.5 Å². The number of guanidine groups is 1. The fraction of sp³-hybridized carbons (Fsp3) is 0.417. The Kier molecular flexibility index (Phi) is 10.4. The van der Waals surface area contributed by atoms with Crippen molar-refractivity contribution in [3.05, 3.63) is 65.7 Å². The van der Waals surface area contributed by atoms with Gasteiger partial charge in [0.15, 0.2) is 5.96 Å². The number of nitrogens with one attached hydrogen (secondary N) is 3. The molecule has 2 rings (SSSR count). The van der Waals surface area contributed by atoms with Gasteiger partial charge < -0.3 is 25.8 Å². The Labute approximate surface area is 184 Å².